The maximum absolute atomic E-state index is 12.6. The van der Waals surface area contributed by atoms with Crippen molar-refractivity contribution in [1.82, 2.24) is 9.97 Å². The summed E-state index contributed by atoms with van der Waals surface area (Å²) >= 11 is 0. The Morgan fingerprint density at radius 1 is 1.00 bits per heavy atom. The number of nitrogens with one attached hydrogen (secondary N) is 2. The number of carbonyl (C=O) groups is 1. The molecule has 1 heterocycles. The lowest BCUT2D eigenvalue weighted by atomic mass is 10.0. The average molecular weight is 360 g/mol. The summed E-state index contributed by atoms with van der Waals surface area (Å²) in [4.78, 5) is 21.2. The molecule has 138 valence electrons. The molecule has 0 aliphatic rings. The monoisotopic (exact) mass is 360 g/mol. The molecule has 1 amide bonds. The molecule has 5 heteroatoms. The minimum Gasteiger partial charge on any atom is -0.354 e. The summed E-state index contributed by atoms with van der Waals surface area (Å²) in [6.07, 6.45) is 2.46. The third-order valence-corrected chi connectivity index (χ3v) is 4.26. The Labute approximate surface area is 159 Å². The van der Waals surface area contributed by atoms with Gasteiger partial charge in [0.25, 0.3) is 5.91 Å². The van der Waals surface area contributed by atoms with Crippen molar-refractivity contribution in [2.45, 2.75) is 26.2 Å². The number of carbonyl (C=O) groups excluding carboxylic acids is 1. The standard InChI is InChI=1S/C22H24N4O/c1-16(2)18-10-6-7-11-19(18)25-21(27)20-13-15-24-22(26-20)23-14-12-17-8-4-3-5-9-17/h3-11,13,15-16H,12,14H2,1-2H3,(H,25,27)(H,23,24,26). The molecule has 3 aromatic rings. The van der Waals surface area contributed by atoms with Crippen LogP contribution >= 0.6 is 0 Å². The van der Waals surface area contributed by atoms with Crippen LogP contribution in [0.4, 0.5) is 11.6 Å². The van der Waals surface area contributed by atoms with Crippen LogP contribution in [0.1, 0.15) is 41.4 Å². The highest BCUT2D eigenvalue weighted by Crippen LogP contribution is 2.24. The maximum Gasteiger partial charge on any atom is 0.274 e. The van der Waals surface area contributed by atoms with Gasteiger partial charge >= 0.3 is 0 Å². The van der Waals surface area contributed by atoms with Crippen LogP contribution in [0.3, 0.4) is 0 Å². The van der Waals surface area contributed by atoms with Gasteiger partial charge < -0.3 is 10.6 Å². The van der Waals surface area contributed by atoms with Crippen molar-refractivity contribution in [3.63, 3.8) is 0 Å². The molecule has 2 N–H and O–H groups in total. The molecule has 3 rings (SSSR count). The van der Waals surface area contributed by atoms with E-state index < -0.39 is 0 Å². The first-order valence-corrected chi connectivity index (χ1v) is 9.14. The number of hydrogen-bond acceptors (Lipinski definition) is 4. The molecular formula is C22H24N4O. The quantitative estimate of drug-likeness (QED) is 0.651. The van der Waals surface area contributed by atoms with Gasteiger partial charge in [-0.25, -0.2) is 9.97 Å². The first-order valence-electron chi connectivity index (χ1n) is 9.14. The lowest BCUT2D eigenvalue weighted by Crippen LogP contribution is -2.17. The van der Waals surface area contributed by atoms with E-state index in [-0.39, 0.29) is 5.91 Å². The first-order chi connectivity index (χ1) is 13.1. The fourth-order valence-corrected chi connectivity index (χ4v) is 2.83. The van der Waals surface area contributed by atoms with Gasteiger partial charge in [-0.15, -0.1) is 0 Å². The molecule has 0 fully saturated rings. The van der Waals surface area contributed by atoms with E-state index in [0.29, 0.717) is 24.1 Å². The van der Waals surface area contributed by atoms with Crippen LogP contribution in [0.25, 0.3) is 0 Å². The Hall–Kier alpha value is -3.21. The molecule has 0 spiro atoms. The second-order valence-electron chi connectivity index (χ2n) is 6.62. The van der Waals surface area contributed by atoms with Crippen LogP contribution in [-0.4, -0.2) is 22.4 Å². The summed E-state index contributed by atoms with van der Waals surface area (Å²) < 4.78 is 0. The Kier molecular flexibility index (Phi) is 6.15. The molecular weight excluding hydrogens is 336 g/mol. The van der Waals surface area contributed by atoms with Crippen molar-refractivity contribution >= 4 is 17.5 Å². The molecule has 0 aliphatic heterocycles. The van der Waals surface area contributed by atoms with Gasteiger partial charge in [0.2, 0.25) is 5.95 Å². The van der Waals surface area contributed by atoms with Gasteiger partial charge in [0.05, 0.1) is 0 Å². The third-order valence-electron chi connectivity index (χ3n) is 4.26. The van der Waals surface area contributed by atoms with Crippen molar-refractivity contribution in [2.24, 2.45) is 0 Å². The number of benzene rings is 2. The summed E-state index contributed by atoms with van der Waals surface area (Å²) in [7, 11) is 0. The topological polar surface area (TPSA) is 66.9 Å². The van der Waals surface area contributed by atoms with Gasteiger partial charge in [-0.05, 0) is 35.6 Å². The van der Waals surface area contributed by atoms with Crippen molar-refractivity contribution in [1.29, 1.82) is 0 Å². The van der Waals surface area contributed by atoms with Crippen LogP contribution in [0.15, 0.2) is 66.9 Å². The average Bonchev–Trinajstić information content (AvgIpc) is 2.69. The molecule has 2 aromatic carbocycles. The predicted octanol–water partition coefficient (Wildman–Crippen LogP) is 4.51. The lowest BCUT2D eigenvalue weighted by molar-refractivity contribution is 0.102. The highest BCUT2D eigenvalue weighted by molar-refractivity contribution is 6.03. The Morgan fingerprint density at radius 3 is 2.52 bits per heavy atom. The van der Waals surface area contributed by atoms with Gasteiger partial charge in [0.15, 0.2) is 0 Å². The van der Waals surface area contributed by atoms with E-state index >= 15 is 0 Å². The van der Waals surface area contributed by atoms with E-state index in [2.05, 4.69) is 46.6 Å². The van der Waals surface area contributed by atoms with Crippen molar-refractivity contribution < 1.29 is 4.79 Å². The van der Waals surface area contributed by atoms with E-state index in [9.17, 15) is 4.79 Å². The highest BCUT2D eigenvalue weighted by Gasteiger charge is 2.12. The maximum atomic E-state index is 12.6. The number of aromatic nitrogens is 2. The van der Waals surface area contributed by atoms with E-state index in [1.54, 1.807) is 12.3 Å². The van der Waals surface area contributed by atoms with Crippen LogP contribution in [0.5, 0.6) is 0 Å². The predicted molar refractivity (Wildman–Crippen MR) is 109 cm³/mol. The van der Waals surface area contributed by atoms with Crippen LogP contribution < -0.4 is 10.6 Å². The summed E-state index contributed by atoms with van der Waals surface area (Å²) in [5.74, 6) is 0.537. The number of hydrogen-bond donors (Lipinski definition) is 2. The molecule has 0 bridgehead atoms. The summed E-state index contributed by atoms with van der Waals surface area (Å²) in [6, 6.07) is 19.6. The van der Waals surface area contributed by atoms with Crippen molar-refractivity contribution in [3.8, 4) is 0 Å². The smallest absolute Gasteiger partial charge is 0.274 e. The second kappa shape index (κ2) is 8.94. The minimum absolute atomic E-state index is 0.239. The third kappa shape index (κ3) is 5.14. The molecule has 1 aromatic heterocycles. The second-order valence-corrected chi connectivity index (χ2v) is 6.62. The zero-order valence-corrected chi connectivity index (χ0v) is 15.6. The molecule has 0 aliphatic carbocycles. The first kappa shape index (κ1) is 18.6. The number of nitrogens with zero attached hydrogens (tertiary/aromatic N) is 2. The molecule has 0 unspecified atom stereocenters. The van der Waals surface area contributed by atoms with Gasteiger partial charge in [-0.3, -0.25) is 4.79 Å². The van der Waals surface area contributed by atoms with E-state index in [1.165, 1.54) is 5.56 Å². The molecule has 5 nitrogen and oxygen atoms in total. The fraction of sp³-hybridized carbons (Fsp3) is 0.227. The van der Waals surface area contributed by atoms with E-state index in [1.807, 2.05) is 42.5 Å². The normalized spacial score (nSPS) is 10.6. The molecule has 27 heavy (non-hydrogen) atoms. The fourth-order valence-electron chi connectivity index (χ4n) is 2.83. The summed E-state index contributed by atoms with van der Waals surface area (Å²) in [6.45, 7) is 4.90. The van der Waals surface area contributed by atoms with Gasteiger partial charge in [0.1, 0.15) is 5.69 Å². The Morgan fingerprint density at radius 2 is 1.74 bits per heavy atom. The van der Waals surface area contributed by atoms with Crippen molar-refractivity contribution in [2.75, 3.05) is 17.2 Å². The molecule has 0 saturated heterocycles. The Bertz CT molecular complexity index is 894. The zero-order valence-electron chi connectivity index (χ0n) is 15.6. The minimum atomic E-state index is -0.239. The molecule has 0 radical (unpaired) electrons. The summed E-state index contributed by atoms with van der Waals surface area (Å²) in [5, 5.41) is 6.14. The van der Waals surface area contributed by atoms with Gasteiger partial charge in [0, 0.05) is 18.4 Å². The molecule has 0 atom stereocenters. The highest BCUT2D eigenvalue weighted by atomic mass is 16.1. The van der Waals surface area contributed by atoms with Gasteiger partial charge in [-0.1, -0.05) is 62.4 Å². The van der Waals surface area contributed by atoms with Crippen LogP contribution in [-0.2, 0) is 6.42 Å². The number of rotatable bonds is 7. The van der Waals surface area contributed by atoms with E-state index in [4.69, 9.17) is 0 Å². The number of para-hydroxylation sites is 1. The van der Waals surface area contributed by atoms with Crippen LogP contribution in [0.2, 0.25) is 0 Å². The van der Waals surface area contributed by atoms with Crippen molar-refractivity contribution in [3.05, 3.63) is 83.7 Å². The van der Waals surface area contributed by atoms with Gasteiger partial charge in [-0.2, -0.15) is 0 Å². The van der Waals surface area contributed by atoms with Crippen LogP contribution in [0, 0.1) is 0 Å². The lowest BCUT2D eigenvalue weighted by Gasteiger charge is -2.13. The van der Waals surface area contributed by atoms with E-state index in [0.717, 1.165) is 17.7 Å². The number of anilines is 2. The summed E-state index contributed by atoms with van der Waals surface area (Å²) in [5.41, 5.74) is 3.49. The largest absolute Gasteiger partial charge is 0.354 e. The number of amides is 1. The zero-order chi connectivity index (χ0) is 19.1. The SMILES string of the molecule is CC(C)c1ccccc1NC(=O)c1ccnc(NCCc2ccccc2)n1. The molecule has 0 saturated carbocycles. The Balaban J connectivity index is 1.64.